The smallest absolute Gasteiger partial charge is 0.279 e. The minimum Gasteiger partial charge on any atom is -0.317 e. The third-order valence-electron chi connectivity index (χ3n) is 4.43. The second kappa shape index (κ2) is 7.73. The summed E-state index contributed by atoms with van der Waals surface area (Å²) in [7, 11) is -3.29. The Labute approximate surface area is 123 Å². The lowest BCUT2D eigenvalue weighted by atomic mass is 9.96. The van der Waals surface area contributed by atoms with E-state index in [0.717, 1.165) is 51.6 Å². The minimum atomic E-state index is -3.29. The van der Waals surface area contributed by atoms with E-state index in [1.165, 1.54) is 6.42 Å². The maximum Gasteiger partial charge on any atom is 0.279 e. The first-order chi connectivity index (χ1) is 9.62. The van der Waals surface area contributed by atoms with E-state index < -0.39 is 10.2 Å². The summed E-state index contributed by atoms with van der Waals surface area (Å²) in [5, 5.41) is 3.33. The van der Waals surface area contributed by atoms with Crippen LogP contribution in [0.15, 0.2) is 0 Å². The Morgan fingerprint density at radius 3 is 2.55 bits per heavy atom. The van der Waals surface area contributed by atoms with Gasteiger partial charge in [0.2, 0.25) is 0 Å². The van der Waals surface area contributed by atoms with Gasteiger partial charge in [-0.3, -0.25) is 0 Å². The molecule has 0 aromatic carbocycles. The van der Waals surface area contributed by atoms with Crippen LogP contribution in [0.1, 0.15) is 51.9 Å². The van der Waals surface area contributed by atoms with Crippen molar-refractivity contribution in [2.75, 3.05) is 26.2 Å². The van der Waals surface area contributed by atoms with Crippen LogP contribution in [0.4, 0.5) is 0 Å². The van der Waals surface area contributed by atoms with Gasteiger partial charge in [-0.2, -0.15) is 17.4 Å². The maximum absolute atomic E-state index is 12.5. The van der Waals surface area contributed by atoms with Crippen molar-refractivity contribution in [3.05, 3.63) is 0 Å². The average Bonchev–Trinajstić information content (AvgIpc) is 2.46. The molecule has 1 aliphatic carbocycles. The summed E-state index contributed by atoms with van der Waals surface area (Å²) in [6, 6.07) is 0.155. The van der Waals surface area contributed by atoms with Gasteiger partial charge in [-0.15, -0.1) is 0 Å². The van der Waals surface area contributed by atoms with E-state index in [2.05, 4.69) is 17.0 Å². The molecule has 1 heterocycles. The summed E-state index contributed by atoms with van der Waals surface area (Å²) in [5.41, 5.74) is 0. The fourth-order valence-electron chi connectivity index (χ4n) is 3.27. The minimum absolute atomic E-state index is 0.155. The van der Waals surface area contributed by atoms with Crippen LogP contribution in [0, 0.1) is 5.92 Å². The first-order valence-corrected chi connectivity index (χ1v) is 9.54. The summed E-state index contributed by atoms with van der Waals surface area (Å²) in [4.78, 5) is 0. The fourth-order valence-corrected chi connectivity index (χ4v) is 4.85. The van der Waals surface area contributed by atoms with Crippen LogP contribution in [0.2, 0.25) is 0 Å². The summed E-state index contributed by atoms with van der Waals surface area (Å²) in [6.45, 7) is 5.29. The fraction of sp³-hybridized carbons (Fsp3) is 1.00. The van der Waals surface area contributed by atoms with Crippen LogP contribution in [0.5, 0.6) is 0 Å². The van der Waals surface area contributed by atoms with Crippen molar-refractivity contribution < 1.29 is 8.42 Å². The number of nitrogens with one attached hydrogen (secondary N) is 2. The first-order valence-electron chi connectivity index (χ1n) is 8.10. The number of piperidine rings is 1. The molecular formula is C14H29N3O2S. The molecule has 1 saturated carbocycles. The molecule has 6 heteroatoms. The van der Waals surface area contributed by atoms with E-state index in [4.69, 9.17) is 0 Å². The van der Waals surface area contributed by atoms with Gasteiger partial charge in [0.1, 0.15) is 0 Å². The van der Waals surface area contributed by atoms with Crippen molar-refractivity contribution in [2.45, 2.75) is 57.9 Å². The van der Waals surface area contributed by atoms with Crippen LogP contribution >= 0.6 is 0 Å². The topological polar surface area (TPSA) is 61.4 Å². The Kier molecular flexibility index (Phi) is 6.26. The molecule has 2 rings (SSSR count). The number of hydrogen-bond donors (Lipinski definition) is 2. The molecule has 20 heavy (non-hydrogen) atoms. The molecule has 0 aromatic rings. The lowest BCUT2D eigenvalue weighted by molar-refractivity contribution is 0.255. The molecule has 1 aliphatic heterocycles. The first kappa shape index (κ1) is 16.2. The van der Waals surface area contributed by atoms with Gasteiger partial charge in [0.15, 0.2) is 0 Å². The van der Waals surface area contributed by atoms with Gasteiger partial charge in [0.05, 0.1) is 0 Å². The molecule has 2 fully saturated rings. The highest BCUT2D eigenvalue weighted by atomic mass is 32.2. The van der Waals surface area contributed by atoms with E-state index in [1.807, 2.05) is 0 Å². The molecule has 2 aliphatic rings. The molecular weight excluding hydrogens is 274 g/mol. The third-order valence-corrected chi connectivity index (χ3v) is 6.07. The van der Waals surface area contributed by atoms with E-state index in [9.17, 15) is 8.42 Å². The van der Waals surface area contributed by atoms with Gasteiger partial charge < -0.3 is 5.32 Å². The molecule has 118 valence electrons. The Hall–Kier alpha value is -0.170. The summed E-state index contributed by atoms with van der Waals surface area (Å²) in [6.07, 6.45) is 7.63. The SMILES string of the molecule is CCNCC1CCCN(S(=O)(=O)NC2CCCCC2)C1. The highest BCUT2D eigenvalue weighted by molar-refractivity contribution is 7.87. The van der Waals surface area contributed by atoms with Crippen LogP contribution in [-0.4, -0.2) is 44.9 Å². The molecule has 0 spiro atoms. The van der Waals surface area contributed by atoms with Crippen molar-refractivity contribution in [1.29, 1.82) is 0 Å². The van der Waals surface area contributed by atoms with Crippen molar-refractivity contribution >= 4 is 10.2 Å². The monoisotopic (exact) mass is 303 g/mol. The zero-order valence-corrected chi connectivity index (χ0v) is 13.4. The van der Waals surface area contributed by atoms with Gasteiger partial charge in [-0.05, 0) is 44.7 Å². The second-order valence-electron chi connectivity index (χ2n) is 6.13. The van der Waals surface area contributed by atoms with Gasteiger partial charge in [-0.25, -0.2) is 0 Å². The van der Waals surface area contributed by atoms with E-state index >= 15 is 0 Å². The Bertz CT molecular complexity index is 380. The van der Waals surface area contributed by atoms with E-state index in [1.54, 1.807) is 4.31 Å². The molecule has 0 radical (unpaired) electrons. The largest absolute Gasteiger partial charge is 0.317 e. The summed E-state index contributed by atoms with van der Waals surface area (Å²) in [5.74, 6) is 0.451. The predicted molar refractivity (Wildman–Crippen MR) is 81.8 cm³/mol. The zero-order valence-electron chi connectivity index (χ0n) is 12.6. The summed E-state index contributed by atoms with van der Waals surface area (Å²) < 4.78 is 29.5. The van der Waals surface area contributed by atoms with Gasteiger partial charge >= 0.3 is 0 Å². The molecule has 1 saturated heterocycles. The quantitative estimate of drug-likeness (QED) is 0.781. The van der Waals surface area contributed by atoms with Crippen LogP contribution in [0.3, 0.4) is 0 Å². The zero-order chi connectivity index (χ0) is 14.4. The predicted octanol–water partition coefficient (Wildman–Crippen LogP) is 1.47. The standard InChI is InChI=1S/C14H29N3O2S/c1-2-15-11-13-7-6-10-17(12-13)20(18,19)16-14-8-4-3-5-9-14/h13-16H,2-12H2,1H3. The molecule has 1 unspecified atom stereocenters. The van der Waals surface area contributed by atoms with Gasteiger partial charge in [0, 0.05) is 19.1 Å². The average molecular weight is 303 g/mol. The van der Waals surface area contributed by atoms with Crippen LogP contribution in [0.25, 0.3) is 0 Å². The lowest BCUT2D eigenvalue weighted by Gasteiger charge is -2.33. The molecule has 1 atom stereocenters. The highest BCUT2D eigenvalue weighted by Crippen LogP contribution is 2.21. The second-order valence-corrected chi connectivity index (χ2v) is 7.83. The van der Waals surface area contributed by atoms with Gasteiger partial charge in [0.25, 0.3) is 10.2 Å². The van der Waals surface area contributed by atoms with E-state index in [-0.39, 0.29) is 6.04 Å². The van der Waals surface area contributed by atoms with Crippen molar-refractivity contribution in [3.8, 4) is 0 Å². The molecule has 2 N–H and O–H groups in total. The third kappa shape index (κ3) is 4.69. The maximum atomic E-state index is 12.5. The Balaban J connectivity index is 1.87. The van der Waals surface area contributed by atoms with Crippen LogP contribution in [-0.2, 0) is 10.2 Å². The molecule has 0 aromatic heterocycles. The molecule has 0 amide bonds. The van der Waals surface area contributed by atoms with Crippen LogP contribution < -0.4 is 10.0 Å². The number of hydrogen-bond acceptors (Lipinski definition) is 3. The van der Waals surface area contributed by atoms with Crippen molar-refractivity contribution in [1.82, 2.24) is 14.3 Å². The van der Waals surface area contributed by atoms with Gasteiger partial charge in [-0.1, -0.05) is 26.2 Å². The van der Waals surface area contributed by atoms with Crippen molar-refractivity contribution in [2.24, 2.45) is 5.92 Å². The number of rotatable bonds is 6. The normalized spacial score (nSPS) is 26.8. The van der Waals surface area contributed by atoms with Crippen molar-refractivity contribution in [3.63, 3.8) is 0 Å². The lowest BCUT2D eigenvalue weighted by Crippen LogP contribution is -2.50. The highest BCUT2D eigenvalue weighted by Gasteiger charge is 2.30. The molecule has 0 bridgehead atoms. The summed E-state index contributed by atoms with van der Waals surface area (Å²) >= 11 is 0. The van der Waals surface area contributed by atoms with E-state index in [0.29, 0.717) is 19.0 Å². The molecule has 5 nitrogen and oxygen atoms in total. The number of nitrogens with zero attached hydrogens (tertiary/aromatic N) is 1. The Morgan fingerprint density at radius 1 is 1.10 bits per heavy atom. The Morgan fingerprint density at radius 2 is 1.85 bits per heavy atom.